The summed E-state index contributed by atoms with van der Waals surface area (Å²) >= 11 is 0. The van der Waals surface area contributed by atoms with Crippen molar-refractivity contribution in [3.05, 3.63) is 0 Å². The molecule has 0 rings (SSSR count). The van der Waals surface area contributed by atoms with Gasteiger partial charge in [-0.15, -0.1) is 0 Å². The van der Waals surface area contributed by atoms with Crippen LogP contribution in [0.3, 0.4) is 0 Å². The number of unbranched alkanes of at least 4 members (excludes halogenated alkanes) is 1. The van der Waals surface area contributed by atoms with Crippen molar-refractivity contribution in [2.24, 2.45) is 5.73 Å². The van der Waals surface area contributed by atoms with E-state index in [9.17, 15) is 14.4 Å². The number of carboxylic acids is 1. The number of aliphatic carboxylic acids is 1. The van der Waals surface area contributed by atoms with E-state index in [1.807, 2.05) is 0 Å². The fourth-order valence-corrected chi connectivity index (χ4v) is 1.33. The quantitative estimate of drug-likeness (QED) is 0.331. The lowest BCUT2D eigenvalue weighted by molar-refractivity contribution is -0.145. The Morgan fingerprint density at radius 3 is 2.14 bits per heavy atom. The Bertz CT molecular complexity index is 369. The van der Waals surface area contributed by atoms with Gasteiger partial charge in [-0.2, -0.15) is 0 Å². The molecule has 0 aromatic rings. The van der Waals surface area contributed by atoms with Gasteiger partial charge in [-0.25, -0.2) is 4.79 Å². The summed E-state index contributed by atoms with van der Waals surface area (Å²) in [5.41, 5.74) is 5.35. The van der Waals surface area contributed by atoms with E-state index < -0.39 is 23.9 Å². The fraction of sp³-hybridized carbons (Fsp3) is 0.692. The van der Waals surface area contributed by atoms with Crippen LogP contribution in [0.5, 0.6) is 0 Å². The van der Waals surface area contributed by atoms with Gasteiger partial charge in [0, 0.05) is 13.8 Å². The molecule has 9 heteroatoms. The van der Waals surface area contributed by atoms with E-state index in [1.54, 1.807) is 0 Å². The summed E-state index contributed by atoms with van der Waals surface area (Å²) < 4.78 is 4.60. The molecule has 2 amide bonds. The molecule has 0 radical (unpaired) electrons. The normalized spacial score (nSPS) is 10.5. The largest absolute Gasteiger partial charge is 0.481 e. The number of carboxylic acid groups (broad SMARTS) is 1. The average molecular weight is 319 g/mol. The van der Waals surface area contributed by atoms with Crippen LogP contribution in [0.15, 0.2) is 0 Å². The zero-order valence-electron chi connectivity index (χ0n) is 13.2. The minimum absolute atomic E-state index is 0.153. The van der Waals surface area contributed by atoms with Gasteiger partial charge in [0.05, 0.1) is 13.7 Å². The lowest BCUT2D eigenvalue weighted by Crippen LogP contribution is -2.45. The van der Waals surface area contributed by atoms with Gasteiger partial charge in [0.15, 0.2) is 0 Å². The topological polar surface area (TPSA) is 148 Å². The fourth-order valence-electron chi connectivity index (χ4n) is 1.33. The van der Waals surface area contributed by atoms with Crippen molar-refractivity contribution < 1.29 is 29.0 Å². The SMILES string of the molecule is CC(=O)O.COC(=O)C(CCCCN)NC(=O)CNC(C)=O. The van der Waals surface area contributed by atoms with Crippen LogP contribution in [0.2, 0.25) is 0 Å². The van der Waals surface area contributed by atoms with Crippen LogP contribution in [0, 0.1) is 0 Å². The monoisotopic (exact) mass is 319 g/mol. The van der Waals surface area contributed by atoms with E-state index in [4.69, 9.17) is 15.6 Å². The number of carbonyl (C=O) groups is 4. The summed E-state index contributed by atoms with van der Waals surface area (Å²) in [6, 6.07) is -0.692. The summed E-state index contributed by atoms with van der Waals surface area (Å²) in [6.45, 7) is 2.78. The average Bonchev–Trinajstić information content (AvgIpc) is 2.42. The molecule has 0 aliphatic heterocycles. The molecule has 9 nitrogen and oxygen atoms in total. The van der Waals surface area contributed by atoms with Crippen LogP contribution in [-0.2, 0) is 23.9 Å². The van der Waals surface area contributed by atoms with Gasteiger partial charge in [0.1, 0.15) is 6.04 Å². The van der Waals surface area contributed by atoms with Crippen molar-refractivity contribution in [1.29, 1.82) is 0 Å². The van der Waals surface area contributed by atoms with Crippen molar-refractivity contribution >= 4 is 23.8 Å². The molecule has 0 bridgehead atoms. The first-order valence-corrected chi connectivity index (χ1v) is 6.75. The highest BCUT2D eigenvalue weighted by molar-refractivity contribution is 5.87. The second-order valence-electron chi connectivity index (χ2n) is 4.36. The third-order valence-electron chi connectivity index (χ3n) is 2.27. The van der Waals surface area contributed by atoms with Gasteiger partial charge in [-0.3, -0.25) is 14.4 Å². The minimum atomic E-state index is -0.833. The number of methoxy groups -OCH3 is 1. The van der Waals surface area contributed by atoms with Crippen LogP contribution in [-0.4, -0.2) is 55.1 Å². The van der Waals surface area contributed by atoms with Crippen LogP contribution in [0.1, 0.15) is 33.1 Å². The van der Waals surface area contributed by atoms with Crippen LogP contribution < -0.4 is 16.4 Å². The molecule has 1 unspecified atom stereocenters. The molecule has 1 atom stereocenters. The second-order valence-corrected chi connectivity index (χ2v) is 4.36. The van der Waals surface area contributed by atoms with Crippen molar-refractivity contribution in [1.82, 2.24) is 10.6 Å². The molecule has 0 aliphatic carbocycles. The first-order chi connectivity index (χ1) is 10.2. The zero-order valence-corrected chi connectivity index (χ0v) is 13.2. The Morgan fingerprint density at radius 2 is 1.73 bits per heavy atom. The Kier molecular flexibility index (Phi) is 13.9. The third kappa shape index (κ3) is 15.9. The number of hydrogen-bond donors (Lipinski definition) is 4. The van der Waals surface area contributed by atoms with Gasteiger partial charge in [0.25, 0.3) is 5.97 Å². The highest BCUT2D eigenvalue weighted by atomic mass is 16.5. The molecule has 0 saturated heterocycles. The number of esters is 1. The molecule has 0 aliphatic rings. The van der Waals surface area contributed by atoms with Crippen molar-refractivity contribution in [3.63, 3.8) is 0 Å². The Hall–Kier alpha value is -2.16. The molecule has 5 N–H and O–H groups in total. The van der Waals surface area contributed by atoms with E-state index in [2.05, 4.69) is 15.4 Å². The minimum Gasteiger partial charge on any atom is -0.481 e. The molecule has 22 heavy (non-hydrogen) atoms. The molecule has 0 saturated carbocycles. The van der Waals surface area contributed by atoms with E-state index >= 15 is 0 Å². The molecule has 0 aromatic carbocycles. The Balaban J connectivity index is 0. The second kappa shape index (κ2) is 13.8. The summed E-state index contributed by atoms with van der Waals surface area (Å²) in [5.74, 6) is -2.06. The lowest BCUT2D eigenvalue weighted by atomic mass is 10.1. The molecule has 0 spiro atoms. The summed E-state index contributed by atoms with van der Waals surface area (Å²) in [5, 5.41) is 12.3. The molecular weight excluding hydrogens is 294 g/mol. The van der Waals surface area contributed by atoms with Gasteiger partial charge < -0.3 is 26.2 Å². The van der Waals surface area contributed by atoms with E-state index in [0.29, 0.717) is 13.0 Å². The highest BCUT2D eigenvalue weighted by Crippen LogP contribution is 2.02. The summed E-state index contributed by atoms with van der Waals surface area (Å²) in [7, 11) is 1.26. The van der Waals surface area contributed by atoms with Crippen molar-refractivity contribution in [2.45, 2.75) is 39.2 Å². The van der Waals surface area contributed by atoms with Gasteiger partial charge in [-0.05, 0) is 25.8 Å². The predicted octanol–water partition coefficient (Wildman–Crippen LogP) is -1.000. The number of carbonyl (C=O) groups excluding carboxylic acids is 3. The van der Waals surface area contributed by atoms with Gasteiger partial charge in [-0.1, -0.05) is 0 Å². The van der Waals surface area contributed by atoms with Crippen LogP contribution >= 0.6 is 0 Å². The smallest absolute Gasteiger partial charge is 0.328 e. The van der Waals surface area contributed by atoms with Crippen molar-refractivity contribution in [2.75, 3.05) is 20.2 Å². The van der Waals surface area contributed by atoms with E-state index in [-0.39, 0.29) is 12.5 Å². The highest BCUT2D eigenvalue weighted by Gasteiger charge is 2.20. The number of amides is 2. The predicted molar refractivity (Wildman–Crippen MR) is 78.8 cm³/mol. The standard InChI is InChI=1S/C11H21N3O4.C2H4O2/c1-8(15)13-7-10(16)14-9(11(17)18-2)5-3-4-6-12;1-2(3)4/h9H,3-7,12H2,1-2H3,(H,13,15)(H,14,16);1H3,(H,3,4). The summed E-state index contributed by atoms with van der Waals surface area (Å²) in [4.78, 5) is 42.5. The van der Waals surface area contributed by atoms with Gasteiger partial charge in [0.2, 0.25) is 11.8 Å². The third-order valence-corrected chi connectivity index (χ3v) is 2.27. The maximum Gasteiger partial charge on any atom is 0.328 e. The molecule has 128 valence electrons. The number of nitrogens with two attached hydrogens (primary N) is 1. The van der Waals surface area contributed by atoms with Crippen LogP contribution in [0.4, 0.5) is 0 Å². The van der Waals surface area contributed by atoms with Crippen LogP contribution in [0.25, 0.3) is 0 Å². The number of nitrogens with one attached hydrogen (secondary N) is 2. The maximum absolute atomic E-state index is 11.5. The molecule has 0 fully saturated rings. The first kappa shape index (κ1) is 22.1. The Morgan fingerprint density at radius 1 is 1.18 bits per heavy atom. The number of rotatable bonds is 8. The zero-order chi connectivity index (χ0) is 17.5. The number of ether oxygens (including phenoxy) is 1. The summed E-state index contributed by atoms with van der Waals surface area (Å²) in [6.07, 6.45) is 1.96. The molecule has 0 heterocycles. The van der Waals surface area contributed by atoms with E-state index in [1.165, 1.54) is 14.0 Å². The van der Waals surface area contributed by atoms with Crippen molar-refractivity contribution in [3.8, 4) is 0 Å². The van der Waals surface area contributed by atoms with E-state index in [0.717, 1.165) is 19.8 Å². The molecule has 0 aromatic heterocycles. The first-order valence-electron chi connectivity index (χ1n) is 6.75. The molecular formula is C13H25N3O6. The maximum atomic E-state index is 11.5. The van der Waals surface area contributed by atoms with Gasteiger partial charge >= 0.3 is 5.97 Å². The number of hydrogen-bond acceptors (Lipinski definition) is 6. The Labute approximate surface area is 129 Å². The lowest BCUT2D eigenvalue weighted by Gasteiger charge is -2.16.